The molecule has 214 valence electrons. The summed E-state index contributed by atoms with van der Waals surface area (Å²) in [5.74, 6) is -0.175. The number of amides is 1. The predicted octanol–water partition coefficient (Wildman–Crippen LogP) is 9.96. The number of rotatable bonds is 30. The zero-order chi connectivity index (χ0) is 26.4. The summed E-state index contributed by atoms with van der Waals surface area (Å²) in [4.78, 5) is 22.5. The van der Waals surface area contributed by atoms with Crippen LogP contribution in [0.2, 0.25) is 0 Å². The van der Waals surface area contributed by atoms with E-state index in [1.54, 1.807) is 0 Å². The van der Waals surface area contributed by atoms with E-state index in [-0.39, 0.29) is 11.9 Å². The van der Waals surface area contributed by atoms with Crippen molar-refractivity contribution in [2.24, 2.45) is 5.73 Å². The average molecular weight is 510 g/mol. The van der Waals surface area contributed by atoms with Crippen LogP contribution in [0.25, 0.3) is 0 Å². The molecule has 0 saturated carbocycles. The van der Waals surface area contributed by atoms with Crippen LogP contribution in [0, 0.1) is 0 Å². The van der Waals surface area contributed by atoms with Crippen molar-refractivity contribution in [1.82, 2.24) is 0 Å². The summed E-state index contributed by atoms with van der Waals surface area (Å²) in [7, 11) is 0. The first-order valence-corrected chi connectivity index (χ1v) is 16.1. The van der Waals surface area contributed by atoms with Gasteiger partial charge in [0.25, 0.3) is 0 Å². The third-order valence-electron chi connectivity index (χ3n) is 7.32. The maximum Gasteiger partial charge on any atom is 0.305 e. The molecule has 0 fully saturated rings. The third-order valence-corrected chi connectivity index (χ3v) is 7.32. The molecule has 0 radical (unpaired) electrons. The first-order chi connectivity index (χ1) is 17.7. The minimum atomic E-state index is -0.176. The summed E-state index contributed by atoms with van der Waals surface area (Å²) in [6.07, 6.45) is 34.5. The van der Waals surface area contributed by atoms with Crippen LogP contribution in [0.4, 0.5) is 0 Å². The van der Waals surface area contributed by atoms with Gasteiger partial charge >= 0.3 is 5.97 Å². The number of esters is 1. The minimum absolute atomic E-state index is 0.000484. The molecule has 0 bridgehead atoms. The van der Waals surface area contributed by atoms with Crippen LogP contribution in [0.15, 0.2) is 0 Å². The Hall–Kier alpha value is -1.06. The molecule has 4 heteroatoms. The van der Waals surface area contributed by atoms with Gasteiger partial charge in [-0.3, -0.25) is 9.59 Å². The zero-order valence-electron chi connectivity index (χ0n) is 24.3. The summed E-state index contributed by atoms with van der Waals surface area (Å²) < 4.78 is 5.40. The van der Waals surface area contributed by atoms with Crippen molar-refractivity contribution in [2.75, 3.05) is 6.61 Å². The van der Waals surface area contributed by atoms with Crippen LogP contribution < -0.4 is 5.73 Å². The monoisotopic (exact) mass is 509 g/mol. The van der Waals surface area contributed by atoms with Crippen molar-refractivity contribution in [2.45, 2.75) is 187 Å². The highest BCUT2D eigenvalue weighted by Gasteiger charge is 2.03. The molecule has 0 heterocycles. The Morgan fingerprint density at radius 3 is 1.11 bits per heavy atom. The Morgan fingerprint density at radius 2 is 0.750 bits per heavy atom. The van der Waals surface area contributed by atoms with Crippen LogP contribution in [0.1, 0.15) is 187 Å². The average Bonchev–Trinajstić information content (AvgIpc) is 2.86. The lowest BCUT2D eigenvalue weighted by Gasteiger charge is -2.06. The van der Waals surface area contributed by atoms with Crippen LogP contribution in [0.5, 0.6) is 0 Å². The normalized spacial score (nSPS) is 11.1. The van der Waals surface area contributed by atoms with Crippen molar-refractivity contribution >= 4 is 11.9 Å². The van der Waals surface area contributed by atoms with E-state index < -0.39 is 0 Å². The topological polar surface area (TPSA) is 69.4 Å². The lowest BCUT2D eigenvalue weighted by molar-refractivity contribution is -0.143. The minimum Gasteiger partial charge on any atom is -0.466 e. The van der Waals surface area contributed by atoms with Crippen LogP contribution in [-0.2, 0) is 14.3 Å². The zero-order valence-corrected chi connectivity index (χ0v) is 24.3. The quantitative estimate of drug-likeness (QED) is 0.0773. The molecule has 0 aliphatic heterocycles. The van der Waals surface area contributed by atoms with Crippen LogP contribution in [0.3, 0.4) is 0 Å². The molecule has 0 spiro atoms. The maximum absolute atomic E-state index is 11.9. The number of nitrogens with two attached hydrogens (primary N) is 1. The van der Waals surface area contributed by atoms with Gasteiger partial charge < -0.3 is 10.5 Å². The standard InChI is InChI=1S/C32H63NO3/c1-2-3-4-5-6-7-8-9-10-11-14-17-20-23-26-29-32(35)36-30-27-24-21-18-15-12-13-16-19-22-25-28-31(33)34/h2-30H2,1H3,(H2,33,34). The smallest absolute Gasteiger partial charge is 0.305 e. The Kier molecular flexibility index (Phi) is 29.3. The summed E-state index contributed by atoms with van der Waals surface area (Å²) >= 11 is 0. The molecule has 0 unspecified atom stereocenters. The van der Waals surface area contributed by atoms with E-state index in [9.17, 15) is 9.59 Å². The van der Waals surface area contributed by atoms with Gasteiger partial charge in [-0.25, -0.2) is 0 Å². The van der Waals surface area contributed by atoms with E-state index in [1.165, 1.54) is 141 Å². The lowest BCUT2D eigenvalue weighted by atomic mass is 10.0. The second-order valence-electron chi connectivity index (χ2n) is 11.0. The lowest BCUT2D eigenvalue weighted by Crippen LogP contribution is -2.09. The van der Waals surface area contributed by atoms with E-state index in [4.69, 9.17) is 10.5 Å². The van der Waals surface area contributed by atoms with E-state index in [2.05, 4.69) is 6.92 Å². The molecule has 0 saturated heterocycles. The van der Waals surface area contributed by atoms with Crippen LogP contribution in [-0.4, -0.2) is 18.5 Å². The number of carbonyl (C=O) groups is 2. The van der Waals surface area contributed by atoms with Crippen LogP contribution >= 0.6 is 0 Å². The SMILES string of the molecule is CCCCCCCCCCCCCCCCCC(=O)OCCCCCCCCCCCCCC(N)=O. The molecular formula is C32H63NO3. The first-order valence-electron chi connectivity index (χ1n) is 16.1. The fourth-order valence-electron chi connectivity index (χ4n) is 4.89. The molecule has 1 amide bonds. The van der Waals surface area contributed by atoms with Gasteiger partial charge in [0.15, 0.2) is 0 Å². The second kappa shape index (κ2) is 30.2. The van der Waals surface area contributed by atoms with Crippen molar-refractivity contribution in [3.8, 4) is 0 Å². The Balaban J connectivity index is 3.15. The van der Waals surface area contributed by atoms with E-state index in [0.717, 1.165) is 25.7 Å². The maximum atomic E-state index is 11.9. The number of unbranched alkanes of at least 4 members (excludes halogenated alkanes) is 24. The summed E-state index contributed by atoms with van der Waals surface area (Å²) in [5, 5.41) is 0. The molecule has 0 aromatic rings. The fourth-order valence-corrected chi connectivity index (χ4v) is 4.89. The molecule has 0 rings (SSSR count). The number of carbonyl (C=O) groups excluding carboxylic acids is 2. The molecule has 0 atom stereocenters. The molecule has 0 aliphatic rings. The number of primary amides is 1. The number of ether oxygens (including phenoxy) is 1. The van der Waals surface area contributed by atoms with E-state index in [1.807, 2.05) is 0 Å². The highest BCUT2D eigenvalue weighted by Crippen LogP contribution is 2.14. The molecule has 0 aromatic carbocycles. The highest BCUT2D eigenvalue weighted by atomic mass is 16.5. The van der Waals surface area contributed by atoms with Gasteiger partial charge in [0.05, 0.1) is 6.61 Å². The van der Waals surface area contributed by atoms with Gasteiger partial charge in [0.1, 0.15) is 0 Å². The van der Waals surface area contributed by atoms with Crippen molar-refractivity contribution in [1.29, 1.82) is 0 Å². The molecule has 4 nitrogen and oxygen atoms in total. The predicted molar refractivity (Wildman–Crippen MR) is 155 cm³/mol. The van der Waals surface area contributed by atoms with Crippen molar-refractivity contribution in [3.05, 3.63) is 0 Å². The second-order valence-corrected chi connectivity index (χ2v) is 11.0. The van der Waals surface area contributed by atoms with Crippen molar-refractivity contribution in [3.63, 3.8) is 0 Å². The Bertz CT molecular complexity index is 466. The highest BCUT2D eigenvalue weighted by molar-refractivity contribution is 5.73. The molecule has 0 aromatic heterocycles. The van der Waals surface area contributed by atoms with Gasteiger partial charge in [0, 0.05) is 12.8 Å². The number of hydrogen-bond donors (Lipinski definition) is 1. The van der Waals surface area contributed by atoms with E-state index >= 15 is 0 Å². The summed E-state index contributed by atoms with van der Waals surface area (Å²) in [6, 6.07) is 0. The third kappa shape index (κ3) is 31.0. The first kappa shape index (κ1) is 34.9. The van der Waals surface area contributed by atoms with Gasteiger partial charge in [0.2, 0.25) is 5.91 Å². The Labute approximate surface area is 225 Å². The van der Waals surface area contributed by atoms with Gasteiger partial charge in [-0.1, -0.05) is 155 Å². The van der Waals surface area contributed by atoms with E-state index in [0.29, 0.717) is 19.4 Å². The summed E-state index contributed by atoms with van der Waals surface area (Å²) in [5.41, 5.74) is 5.15. The molecule has 36 heavy (non-hydrogen) atoms. The van der Waals surface area contributed by atoms with Crippen molar-refractivity contribution < 1.29 is 14.3 Å². The Morgan fingerprint density at radius 1 is 0.444 bits per heavy atom. The van der Waals surface area contributed by atoms with Gasteiger partial charge in [-0.15, -0.1) is 0 Å². The molecular weight excluding hydrogens is 446 g/mol. The largest absolute Gasteiger partial charge is 0.466 e. The summed E-state index contributed by atoms with van der Waals surface area (Å²) in [6.45, 7) is 2.88. The molecule has 2 N–H and O–H groups in total. The fraction of sp³-hybridized carbons (Fsp3) is 0.938. The molecule has 0 aliphatic carbocycles. The van der Waals surface area contributed by atoms with Gasteiger partial charge in [-0.05, 0) is 19.3 Å². The van der Waals surface area contributed by atoms with Gasteiger partial charge in [-0.2, -0.15) is 0 Å². The number of hydrogen-bond acceptors (Lipinski definition) is 3.